The third-order valence-corrected chi connectivity index (χ3v) is 10.3. The zero-order valence-electron chi connectivity index (χ0n) is 19.6. The molecule has 0 N–H and O–H groups in total. The molecule has 9 atom stereocenters. The van der Waals surface area contributed by atoms with Crippen LogP contribution in [0.3, 0.4) is 0 Å². The highest BCUT2D eigenvalue weighted by Crippen LogP contribution is 2.73. The Morgan fingerprint density at radius 3 is 2.28 bits per heavy atom. The Morgan fingerprint density at radius 2 is 1.66 bits per heavy atom. The predicted octanol–water partition coefficient (Wildman–Crippen LogP) is 4.97. The highest BCUT2D eigenvalue weighted by atomic mass is 35.5. The maximum absolute atomic E-state index is 12.9. The van der Waals surface area contributed by atoms with E-state index in [0.717, 1.165) is 36.3 Å². The van der Waals surface area contributed by atoms with Crippen LogP contribution in [0.5, 0.6) is 0 Å². The van der Waals surface area contributed by atoms with Crippen LogP contribution >= 0.6 is 11.6 Å². The minimum Gasteiger partial charge on any atom is -0.458 e. The molecule has 0 aromatic heterocycles. The van der Waals surface area contributed by atoms with Crippen LogP contribution in [0.1, 0.15) is 66.7 Å². The fourth-order valence-electron chi connectivity index (χ4n) is 8.51. The van der Waals surface area contributed by atoms with Gasteiger partial charge >= 0.3 is 11.9 Å². The summed E-state index contributed by atoms with van der Waals surface area (Å²) in [5.41, 5.74) is -0.359. The molecule has 5 aliphatic rings. The number of ether oxygens (including phenoxy) is 2. The number of esters is 2. The molecule has 0 amide bonds. The van der Waals surface area contributed by atoms with Crippen LogP contribution in [0.25, 0.3) is 0 Å². The maximum Gasteiger partial charge on any atom is 0.303 e. The monoisotopic (exact) mass is 460 g/mol. The van der Waals surface area contributed by atoms with Gasteiger partial charge in [0.25, 0.3) is 0 Å². The first kappa shape index (κ1) is 22.2. The van der Waals surface area contributed by atoms with E-state index in [4.69, 9.17) is 21.1 Å². The van der Waals surface area contributed by atoms with E-state index >= 15 is 0 Å². The number of hydrogen-bond acceptors (Lipinski definition) is 5. The average molecular weight is 461 g/mol. The molecule has 0 saturated heterocycles. The molecule has 0 spiro atoms. The number of hydrogen-bond donors (Lipinski definition) is 0. The Kier molecular flexibility index (Phi) is 4.81. The molecule has 5 rings (SSSR count). The molecule has 1 unspecified atom stereocenters. The summed E-state index contributed by atoms with van der Waals surface area (Å²) < 4.78 is 11.5. The van der Waals surface area contributed by atoms with Gasteiger partial charge in [0.05, 0.1) is 0 Å². The Labute approximate surface area is 194 Å². The molecule has 0 heterocycles. The third-order valence-electron chi connectivity index (χ3n) is 9.95. The molecule has 6 heteroatoms. The van der Waals surface area contributed by atoms with Gasteiger partial charge in [0.2, 0.25) is 0 Å². The molecule has 174 valence electrons. The normalized spacial score (nSPS) is 48.2. The van der Waals surface area contributed by atoms with Crippen LogP contribution < -0.4 is 0 Å². The highest BCUT2D eigenvalue weighted by Gasteiger charge is 2.70. The Hall–Kier alpha value is -1.62. The number of allylic oxidation sites excluding steroid dienone is 3. The topological polar surface area (TPSA) is 69.7 Å². The summed E-state index contributed by atoms with van der Waals surface area (Å²) >= 11 is 6.94. The summed E-state index contributed by atoms with van der Waals surface area (Å²) in [5.74, 6) is 1.04. The first-order chi connectivity index (χ1) is 15.0. The van der Waals surface area contributed by atoms with E-state index in [0.29, 0.717) is 24.2 Å². The van der Waals surface area contributed by atoms with Crippen LogP contribution in [0.4, 0.5) is 0 Å². The van der Waals surface area contributed by atoms with Crippen molar-refractivity contribution in [2.75, 3.05) is 0 Å². The second-order valence-electron chi connectivity index (χ2n) is 11.2. The highest BCUT2D eigenvalue weighted by molar-refractivity contribution is 6.32. The minimum absolute atomic E-state index is 0.0435. The molecule has 32 heavy (non-hydrogen) atoms. The summed E-state index contributed by atoms with van der Waals surface area (Å²) in [7, 11) is 0. The van der Waals surface area contributed by atoms with Gasteiger partial charge in [-0.1, -0.05) is 31.5 Å². The second-order valence-corrected chi connectivity index (χ2v) is 11.6. The second kappa shape index (κ2) is 6.94. The van der Waals surface area contributed by atoms with E-state index in [2.05, 4.69) is 26.0 Å². The lowest BCUT2D eigenvalue weighted by Crippen LogP contribution is -2.58. The number of rotatable bonds is 3. The maximum atomic E-state index is 12.9. The van der Waals surface area contributed by atoms with Crippen molar-refractivity contribution < 1.29 is 23.9 Å². The SMILES string of the molecule is CC(=O)OC1C=C2C(Cl)=C[C@@H]3[C@H](CC[C@@]4(C)[C@H]3CC[C@]4(OC(C)=O)C(C)=O)[C@@]2(C)[C@H]2C[C@@H]12. The van der Waals surface area contributed by atoms with Crippen molar-refractivity contribution in [2.45, 2.75) is 78.4 Å². The Bertz CT molecular complexity index is 967. The van der Waals surface area contributed by atoms with Crippen LogP contribution in [0.2, 0.25) is 0 Å². The van der Waals surface area contributed by atoms with Crippen molar-refractivity contribution >= 4 is 29.3 Å². The van der Waals surface area contributed by atoms with Gasteiger partial charge in [-0.25, -0.2) is 0 Å². The number of carbonyl (C=O) groups excluding carboxylic acids is 3. The van der Waals surface area contributed by atoms with Gasteiger partial charge in [0, 0.05) is 35.6 Å². The van der Waals surface area contributed by atoms with E-state index in [9.17, 15) is 14.4 Å². The third kappa shape index (κ3) is 2.72. The molecule has 0 aliphatic heterocycles. The van der Waals surface area contributed by atoms with Crippen molar-refractivity contribution in [3.63, 3.8) is 0 Å². The van der Waals surface area contributed by atoms with Crippen LogP contribution in [-0.2, 0) is 23.9 Å². The zero-order valence-corrected chi connectivity index (χ0v) is 20.3. The first-order valence-corrected chi connectivity index (χ1v) is 12.3. The molecular formula is C26H33ClO5. The number of Topliss-reactive ketones (excluding diaryl/α,β-unsaturated/α-hetero) is 1. The summed E-state index contributed by atoms with van der Waals surface area (Å²) in [6.07, 6.45) is 8.41. The van der Waals surface area contributed by atoms with Gasteiger partial charge in [-0.3, -0.25) is 14.4 Å². The van der Waals surface area contributed by atoms with Crippen molar-refractivity contribution in [1.29, 1.82) is 0 Å². The smallest absolute Gasteiger partial charge is 0.303 e. The number of ketones is 1. The van der Waals surface area contributed by atoms with Crippen molar-refractivity contribution in [1.82, 2.24) is 0 Å². The van der Waals surface area contributed by atoms with E-state index in [1.165, 1.54) is 13.8 Å². The van der Waals surface area contributed by atoms with Gasteiger partial charge in [0.1, 0.15) is 6.10 Å². The average Bonchev–Trinajstić information content (AvgIpc) is 3.44. The number of fused-ring (bicyclic) bond motifs is 7. The van der Waals surface area contributed by atoms with Crippen LogP contribution in [0.15, 0.2) is 22.8 Å². The Balaban J connectivity index is 1.55. The first-order valence-electron chi connectivity index (χ1n) is 11.9. The molecular weight excluding hydrogens is 428 g/mol. The molecule has 0 aromatic rings. The van der Waals surface area contributed by atoms with Crippen LogP contribution in [0, 0.1) is 40.4 Å². The number of halogens is 1. The fourth-order valence-corrected chi connectivity index (χ4v) is 8.92. The zero-order chi connectivity index (χ0) is 23.2. The fraction of sp³-hybridized carbons (Fsp3) is 0.731. The lowest BCUT2D eigenvalue weighted by Gasteiger charge is -2.58. The molecule has 5 nitrogen and oxygen atoms in total. The van der Waals surface area contributed by atoms with E-state index in [-0.39, 0.29) is 41.1 Å². The summed E-state index contributed by atoms with van der Waals surface area (Å²) in [6, 6.07) is 0. The van der Waals surface area contributed by atoms with Crippen LogP contribution in [-0.4, -0.2) is 29.4 Å². The van der Waals surface area contributed by atoms with Gasteiger partial charge in [-0.15, -0.1) is 0 Å². The summed E-state index contributed by atoms with van der Waals surface area (Å²) in [4.78, 5) is 36.5. The van der Waals surface area contributed by atoms with Crippen molar-refractivity contribution in [3.05, 3.63) is 22.8 Å². The lowest BCUT2D eigenvalue weighted by atomic mass is 9.47. The van der Waals surface area contributed by atoms with E-state index < -0.39 is 11.0 Å². The molecule has 5 aliphatic carbocycles. The van der Waals surface area contributed by atoms with E-state index in [1.807, 2.05) is 0 Å². The summed E-state index contributed by atoms with van der Waals surface area (Å²) in [5, 5.41) is 0.758. The van der Waals surface area contributed by atoms with E-state index in [1.54, 1.807) is 6.92 Å². The largest absolute Gasteiger partial charge is 0.458 e. The molecule has 3 fully saturated rings. The Morgan fingerprint density at radius 1 is 0.969 bits per heavy atom. The van der Waals surface area contributed by atoms with Crippen molar-refractivity contribution in [2.24, 2.45) is 40.4 Å². The van der Waals surface area contributed by atoms with Gasteiger partial charge in [-0.2, -0.15) is 0 Å². The predicted molar refractivity (Wildman–Crippen MR) is 120 cm³/mol. The quantitative estimate of drug-likeness (QED) is 0.556. The van der Waals surface area contributed by atoms with Crippen molar-refractivity contribution in [3.8, 4) is 0 Å². The molecule has 3 saturated carbocycles. The standard InChI is InChI=1S/C26H33ClO5/c1-13(28)26(32-15(3)30)9-7-18-16-11-22(27)21-12-23(31-14(2)29)17-10-20(17)25(21,5)19(16)6-8-24(18,26)4/h11-12,16-20,23H,6-10H2,1-5H3/t16-,17+,18-,19-,20-,23?,24-,25-,26-/m0/s1. The van der Waals surface area contributed by atoms with Gasteiger partial charge < -0.3 is 9.47 Å². The minimum atomic E-state index is -1.04. The lowest BCUT2D eigenvalue weighted by molar-refractivity contribution is -0.185. The molecule has 0 aromatic carbocycles. The summed E-state index contributed by atoms with van der Waals surface area (Å²) in [6.45, 7) is 8.93. The van der Waals surface area contributed by atoms with Gasteiger partial charge in [0.15, 0.2) is 11.4 Å². The molecule has 0 bridgehead atoms. The van der Waals surface area contributed by atoms with Gasteiger partial charge in [-0.05, 0) is 74.3 Å². The number of carbonyl (C=O) groups is 3. The molecule has 0 radical (unpaired) electrons.